The Morgan fingerprint density at radius 1 is 1.45 bits per heavy atom. The number of aryl methyl sites for hydroxylation is 1. The van der Waals surface area contributed by atoms with Gasteiger partial charge in [-0.25, -0.2) is 4.39 Å². The zero-order valence-electron chi connectivity index (χ0n) is 10.6. The molecule has 0 spiro atoms. The first-order valence-electron chi connectivity index (χ1n) is 5.66. The Balaban J connectivity index is 2.38. The number of amidine groups is 1. The molecule has 2 aromatic rings. The van der Waals surface area contributed by atoms with Gasteiger partial charge < -0.3 is 20.7 Å². The summed E-state index contributed by atoms with van der Waals surface area (Å²) in [6.07, 6.45) is 1.38. The number of amides is 1. The predicted octanol–water partition coefficient (Wildman–Crippen LogP) is 2.07. The number of carbonyl (C=O) groups excluding carboxylic acids is 1. The van der Waals surface area contributed by atoms with Crippen molar-refractivity contribution in [3.05, 3.63) is 53.2 Å². The van der Waals surface area contributed by atoms with Crippen molar-refractivity contribution >= 4 is 17.4 Å². The number of rotatable bonds is 3. The van der Waals surface area contributed by atoms with Crippen molar-refractivity contribution in [2.24, 2.45) is 10.9 Å². The predicted molar refractivity (Wildman–Crippen MR) is 70.3 cm³/mol. The molecule has 1 amide bonds. The number of carbonyl (C=O) groups is 1. The van der Waals surface area contributed by atoms with Crippen LogP contribution >= 0.6 is 0 Å². The Morgan fingerprint density at radius 2 is 2.20 bits per heavy atom. The largest absolute Gasteiger partial charge is 0.469 e. The van der Waals surface area contributed by atoms with E-state index in [2.05, 4.69) is 10.5 Å². The number of nitrogens with one attached hydrogen (secondary N) is 1. The fourth-order valence-electron chi connectivity index (χ4n) is 1.75. The van der Waals surface area contributed by atoms with E-state index in [4.69, 9.17) is 15.4 Å². The molecule has 104 valence electrons. The van der Waals surface area contributed by atoms with E-state index < -0.39 is 17.6 Å². The number of nitrogens with zero attached hydrogens (tertiary/aromatic N) is 1. The summed E-state index contributed by atoms with van der Waals surface area (Å²) < 4.78 is 18.7. The van der Waals surface area contributed by atoms with E-state index in [1.165, 1.54) is 24.5 Å². The van der Waals surface area contributed by atoms with Gasteiger partial charge in [0.2, 0.25) is 0 Å². The molecule has 0 bridgehead atoms. The second-order valence-electron chi connectivity index (χ2n) is 3.99. The third-order valence-corrected chi connectivity index (χ3v) is 2.73. The highest BCUT2D eigenvalue weighted by molar-refractivity contribution is 6.10. The molecule has 7 heteroatoms. The zero-order valence-corrected chi connectivity index (χ0v) is 10.6. The first-order valence-corrected chi connectivity index (χ1v) is 5.66. The first kappa shape index (κ1) is 13.6. The molecule has 0 atom stereocenters. The maximum atomic E-state index is 13.7. The number of oxime groups is 1. The molecular formula is C13H12FN3O3. The molecule has 0 aliphatic rings. The molecule has 0 saturated carbocycles. The monoisotopic (exact) mass is 277 g/mol. The molecule has 1 heterocycles. The molecular weight excluding hydrogens is 265 g/mol. The van der Waals surface area contributed by atoms with E-state index in [-0.39, 0.29) is 11.3 Å². The average Bonchev–Trinajstić information content (AvgIpc) is 2.84. The standard InChI is InChI=1S/C13H12FN3O3/c1-7-8(5-6-20-7)13(18)16-10-4-2-3-9(14)11(10)12(15)17-19/h2-6,19H,1H3,(H2,15,17)(H,16,18). The van der Waals surface area contributed by atoms with Crippen molar-refractivity contribution in [1.29, 1.82) is 0 Å². The number of halogens is 1. The van der Waals surface area contributed by atoms with Gasteiger partial charge in [0, 0.05) is 0 Å². The van der Waals surface area contributed by atoms with Crippen molar-refractivity contribution in [3.8, 4) is 0 Å². The van der Waals surface area contributed by atoms with Gasteiger partial charge in [0.05, 0.1) is 23.1 Å². The summed E-state index contributed by atoms with van der Waals surface area (Å²) in [5.41, 5.74) is 5.66. The van der Waals surface area contributed by atoms with Crippen LogP contribution in [0.4, 0.5) is 10.1 Å². The maximum Gasteiger partial charge on any atom is 0.259 e. The van der Waals surface area contributed by atoms with E-state index in [0.29, 0.717) is 11.3 Å². The number of hydrogen-bond donors (Lipinski definition) is 3. The molecule has 0 fully saturated rings. The molecule has 0 saturated heterocycles. The number of furan rings is 1. The van der Waals surface area contributed by atoms with Gasteiger partial charge in [-0.1, -0.05) is 11.2 Å². The third-order valence-electron chi connectivity index (χ3n) is 2.73. The van der Waals surface area contributed by atoms with E-state index in [1.807, 2.05) is 0 Å². The van der Waals surface area contributed by atoms with Crippen LogP contribution in [0.15, 0.2) is 40.1 Å². The molecule has 6 nitrogen and oxygen atoms in total. The Hall–Kier alpha value is -2.83. The molecule has 4 N–H and O–H groups in total. The topological polar surface area (TPSA) is 101 Å². The molecule has 0 aliphatic heterocycles. The highest BCUT2D eigenvalue weighted by Gasteiger charge is 2.17. The smallest absolute Gasteiger partial charge is 0.259 e. The lowest BCUT2D eigenvalue weighted by atomic mass is 10.1. The fraction of sp³-hybridized carbons (Fsp3) is 0.0769. The van der Waals surface area contributed by atoms with E-state index in [1.54, 1.807) is 6.92 Å². The van der Waals surface area contributed by atoms with Gasteiger partial charge in [0.1, 0.15) is 11.6 Å². The summed E-state index contributed by atoms with van der Waals surface area (Å²) in [7, 11) is 0. The van der Waals surface area contributed by atoms with Gasteiger partial charge >= 0.3 is 0 Å². The van der Waals surface area contributed by atoms with Crippen molar-refractivity contribution in [2.45, 2.75) is 6.92 Å². The Kier molecular flexibility index (Phi) is 3.69. The van der Waals surface area contributed by atoms with E-state index in [0.717, 1.165) is 6.07 Å². The third kappa shape index (κ3) is 2.46. The fourth-order valence-corrected chi connectivity index (χ4v) is 1.75. The quantitative estimate of drug-likeness (QED) is 0.346. The first-order chi connectivity index (χ1) is 9.54. The lowest BCUT2D eigenvalue weighted by Gasteiger charge is -2.10. The van der Waals surface area contributed by atoms with Crippen LogP contribution in [0.2, 0.25) is 0 Å². The molecule has 20 heavy (non-hydrogen) atoms. The Labute approximate surface area is 113 Å². The van der Waals surface area contributed by atoms with Crippen molar-refractivity contribution in [2.75, 3.05) is 5.32 Å². The molecule has 0 unspecified atom stereocenters. The van der Waals surface area contributed by atoms with Gasteiger partial charge in [-0.2, -0.15) is 0 Å². The summed E-state index contributed by atoms with van der Waals surface area (Å²) in [4.78, 5) is 12.0. The van der Waals surface area contributed by atoms with Crippen LogP contribution < -0.4 is 11.1 Å². The van der Waals surface area contributed by atoms with Crippen LogP contribution in [0.3, 0.4) is 0 Å². The van der Waals surface area contributed by atoms with Crippen molar-refractivity contribution in [1.82, 2.24) is 0 Å². The summed E-state index contributed by atoms with van der Waals surface area (Å²) in [5, 5.41) is 13.9. The van der Waals surface area contributed by atoms with Gasteiger partial charge in [-0.3, -0.25) is 4.79 Å². The Morgan fingerprint density at radius 3 is 2.80 bits per heavy atom. The number of nitrogens with two attached hydrogens (primary N) is 1. The van der Waals surface area contributed by atoms with E-state index >= 15 is 0 Å². The second-order valence-corrected chi connectivity index (χ2v) is 3.99. The molecule has 1 aromatic heterocycles. The van der Waals surface area contributed by atoms with Crippen LogP contribution in [0.1, 0.15) is 21.7 Å². The number of benzene rings is 1. The molecule has 0 radical (unpaired) electrons. The van der Waals surface area contributed by atoms with E-state index in [9.17, 15) is 9.18 Å². The number of hydrogen-bond acceptors (Lipinski definition) is 4. The summed E-state index contributed by atoms with van der Waals surface area (Å²) in [6.45, 7) is 1.63. The second kappa shape index (κ2) is 5.43. The minimum Gasteiger partial charge on any atom is -0.469 e. The van der Waals surface area contributed by atoms with Crippen molar-refractivity contribution in [3.63, 3.8) is 0 Å². The highest BCUT2D eigenvalue weighted by Crippen LogP contribution is 2.20. The Bertz CT molecular complexity index is 679. The van der Waals surface area contributed by atoms with Crippen LogP contribution in [0.25, 0.3) is 0 Å². The minimum atomic E-state index is -0.706. The molecule has 1 aromatic carbocycles. The summed E-state index contributed by atoms with van der Waals surface area (Å²) in [5.74, 6) is -1.18. The minimum absolute atomic E-state index is 0.103. The van der Waals surface area contributed by atoms with Crippen LogP contribution in [0.5, 0.6) is 0 Å². The maximum absolute atomic E-state index is 13.7. The van der Waals surface area contributed by atoms with Crippen LogP contribution in [-0.2, 0) is 0 Å². The van der Waals surface area contributed by atoms with Gasteiger partial charge in [0.15, 0.2) is 5.84 Å². The molecule has 0 aliphatic carbocycles. The lowest BCUT2D eigenvalue weighted by molar-refractivity contribution is 0.102. The van der Waals surface area contributed by atoms with Gasteiger partial charge in [-0.05, 0) is 25.1 Å². The van der Waals surface area contributed by atoms with Crippen LogP contribution in [-0.4, -0.2) is 17.0 Å². The average molecular weight is 277 g/mol. The molecule has 2 rings (SSSR count). The van der Waals surface area contributed by atoms with Crippen LogP contribution in [0, 0.1) is 12.7 Å². The zero-order chi connectivity index (χ0) is 14.7. The summed E-state index contributed by atoms with van der Waals surface area (Å²) in [6, 6.07) is 5.49. The number of anilines is 1. The SMILES string of the molecule is Cc1occc1C(=O)Nc1cccc(F)c1/C(N)=N/O. The normalized spacial score (nSPS) is 11.4. The van der Waals surface area contributed by atoms with Gasteiger partial charge in [-0.15, -0.1) is 0 Å². The van der Waals surface area contributed by atoms with Gasteiger partial charge in [0.25, 0.3) is 5.91 Å². The van der Waals surface area contributed by atoms with Crippen molar-refractivity contribution < 1.29 is 18.8 Å². The highest BCUT2D eigenvalue weighted by atomic mass is 19.1. The lowest BCUT2D eigenvalue weighted by Crippen LogP contribution is -2.20. The summed E-state index contributed by atoms with van der Waals surface area (Å²) >= 11 is 0.